The number of aromatic nitrogens is 3. The number of nitrogens with one attached hydrogen (secondary N) is 1. The van der Waals surface area contributed by atoms with Gasteiger partial charge in [-0.2, -0.15) is 5.10 Å². The molecule has 3 heterocycles. The molecule has 5 nitrogen and oxygen atoms in total. The first-order chi connectivity index (χ1) is 12.2. The maximum absolute atomic E-state index is 13.6. The summed E-state index contributed by atoms with van der Waals surface area (Å²) >= 11 is 0. The highest BCUT2D eigenvalue weighted by Crippen LogP contribution is 2.33. The number of fused-ring (bicyclic) bond motifs is 1. The molecule has 6 heteroatoms. The number of aryl methyl sites for hydroxylation is 1. The zero-order chi connectivity index (χ0) is 17.2. The van der Waals surface area contributed by atoms with Crippen LogP contribution in [0.5, 0.6) is 5.75 Å². The van der Waals surface area contributed by atoms with Gasteiger partial charge in [0, 0.05) is 61.3 Å². The van der Waals surface area contributed by atoms with Crippen LogP contribution in [-0.2, 0) is 13.6 Å². The zero-order valence-corrected chi connectivity index (χ0v) is 13.9. The van der Waals surface area contributed by atoms with Crippen LogP contribution in [0.25, 0.3) is 11.3 Å². The van der Waals surface area contributed by atoms with Crippen LogP contribution in [0.1, 0.15) is 23.6 Å². The van der Waals surface area contributed by atoms with Crippen molar-refractivity contribution in [3.05, 3.63) is 65.9 Å². The zero-order valence-electron chi connectivity index (χ0n) is 13.9. The van der Waals surface area contributed by atoms with E-state index in [2.05, 4.69) is 15.4 Å². The molecule has 1 atom stereocenters. The summed E-state index contributed by atoms with van der Waals surface area (Å²) in [6.07, 6.45) is 6.36. The predicted molar refractivity (Wildman–Crippen MR) is 92.5 cm³/mol. The van der Waals surface area contributed by atoms with Crippen LogP contribution in [0, 0.1) is 5.82 Å². The third-order valence-electron chi connectivity index (χ3n) is 4.39. The van der Waals surface area contributed by atoms with Crippen LogP contribution in [0.3, 0.4) is 0 Å². The molecule has 128 valence electrons. The normalized spacial score (nSPS) is 16.3. The lowest BCUT2D eigenvalue weighted by atomic mass is 10.00. The minimum absolute atomic E-state index is 0.0569. The number of hydrogen-bond donors (Lipinski definition) is 1. The molecular formula is C19H19FN4O. The van der Waals surface area contributed by atoms with Gasteiger partial charge in [0.2, 0.25) is 0 Å². The van der Waals surface area contributed by atoms with Gasteiger partial charge in [-0.05, 0) is 30.3 Å². The number of nitrogens with zero attached hydrogens (tertiary/aromatic N) is 3. The molecule has 0 radical (unpaired) electrons. The number of rotatable bonds is 4. The molecule has 0 bridgehead atoms. The average molecular weight is 338 g/mol. The molecule has 0 saturated heterocycles. The summed E-state index contributed by atoms with van der Waals surface area (Å²) in [5.74, 6) is 0.511. The Bertz CT molecular complexity index is 878. The summed E-state index contributed by atoms with van der Waals surface area (Å²) in [5.41, 5.74) is 3.85. The van der Waals surface area contributed by atoms with Gasteiger partial charge in [0.05, 0.1) is 12.3 Å². The monoisotopic (exact) mass is 338 g/mol. The van der Waals surface area contributed by atoms with Crippen molar-refractivity contribution in [2.75, 3.05) is 6.61 Å². The smallest absolute Gasteiger partial charge is 0.124 e. The molecule has 1 aromatic carbocycles. The lowest BCUT2D eigenvalue weighted by Gasteiger charge is -2.26. The molecule has 1 aliphatic heterocycles. The van der Waals surface area contributed by atoms with Gasteiger partial charge in [-0.25, -0.2) is 4.39 Å². The molecule has 1 aliphatic rings. The maximum atomic E-state index is 13.6. The largest absolute Gasteiger partial charge is 0.493 e. The number of pyridine rings is 1. The average Bonchev–Trinajstić information content (AvgIpc) is 3.01. The van der Waals surface area contributed by atoms with E-state index in [1.807, 2.05) is 31.6 Å². The summed E-state index contributed by atoms with van der Waals surface area (Å²) in [4.78, 5) is 4.17. The topological polar surface area (TPSA) is 52.0 Å². The van der Waals surface area contributed by atoms with Crippen molar-refractivity contribution in [3.63, 3.8) is 0 Å². The second-order valence-corrected chi connectivity index (χ2v) is 6.17. The number of halogens is 1. The van der Waals surface area contributed by atoms with E-state index < -0.39 is 0 Å². The van der Waals surface area contributed by atoms with Gasteiger partial charge in [-0.1, -0.05) is 0 Å². The Labute approximate surface area is 145 Å². The van der Waals surface area contributed by atoms with E-state index in [4.69, 9.17) is 4.74 Å². The fraction of sp³-hybridized carbons (Fsp3) is 0.263. The first-order valence-electron chi connectivity index (χ1n) is 8.29. The Balaban J connectivity index is 1.57. The van der Waals surface area contributed by atoms with Crippen molar-refractivity contribution in [1.29, 1.82) is 0 Å². The first-order valence-corrected chi connectivity index (χ1v) is 8.29. The van der Waals surface area contributed by atoms with E-state index in [1.54, 1.807) is 23.0 Å². The summed E-state index contributed by atoms with van der Waals surface area (Å²) in [6, 6.07) is 8.64. The minimum atomic E-state index is -0.242. The lowest BCUT2D eigenvalue weighted by molar-refractivity contribution is 0.251. The minimum Gasteiger partial charge on any atom is -0.493 e. The second-order valence-electron chi connectivity index (χ2n) is 6.17. The Morgan fingerprint density at radius 1 is 1.36 bits per heavy atom. The highest BCUT2D eigenvalue weighted by Gasteiger charge is 2.22. The summed E-state index contributed by atoms with van der Waals surface area (Å²) in [6.45, 7) is 1.26. The van der Waals surface area contributed by atoms with E-state index >= 15 is 0 Å². The molecule has 4 rings (SSSR count). The van der Waals surface area contributed by atoms with Crippen LogP contribution < -0.4 is 10.1 Å². The molecule has 3 aromatic rings. The van der Waals surface area contributed by atoms with E-state index in [0.717, 1.165) is 34.6 Å². The van der Waals surface area contributed by atoms with Crippen LogP contribution in [0.15, 0.2) is 48.9 Å². The van der Waals surface area contributed by atoms with Gasteiger partial charge in [-0.3, -0.25) is 9.67 Å². The first kappa shape index (κ1) is 15.8. The molecule has 0 saturated carbocycles. The predicted octanol–water partition coefficient (Wildman–Crippen LogP) is 3.23. The highest BCUT2D eigenvalue weighted by molar-refractivity contribution is 5.61. The molecule has 0 spiro atoms. The molecular weight excluding hydrogens is 319 g/mol. The van der Waals surface area contributed by atoms with Gasteiger partial charge in [0.15, 0.2) is 0 Å². The fourth-order valence-electron chi connectivity index (χ4n) is 3.22. The van der Waals surface area contributed by atoms with Gasteiger partial charge in [-0.15, -0.1) is 0 Å². The Hall–Kier alpha value is -2.73. The van der Waals surface area contributed by atoms with Gasteiger partial charge in [0.25, 0.3) is 0 Å². The molecule has 0 amide bonds. The Morgan fingerprint density at radius 2 is 2.28 bits per heavy atom. The van der Waals surface area contributed by atoms with Crippen molar-refractivity contribution in [2.45, 2.75) is 19.0 Å². The summed E-state index contributed by atoms with van der Waals surface area (Å²) < 4.78 is 21.0. The molecule has 1 unspecified atom stereocenters. The molecule has 25 heavy (non-hydrogen) atoms. The standard InChI is InChI=1S/C19H19FN4O/c1-24-12-14(19(23-24)13-3-2-7-21-10-13)11-22-17-6-8-25-18-5-4-15(20)9-16(17)18/h2-5,7,9-10,12,17,22H,6,8,11H2,1H3. The fourth-order valence-corrected chi connectivity index (χ4v) is 3.22. The maximum Gasteiger partial charge on any atom is 0.124 e. The third-order valence-corrected chi connectivity index (χ3v) is 4.39. The van der Waals surface area contributed by atoms with Crippen molar-refractivity contribution in [2.24, 2.45) is 7.05 Å². The third kappa shape index (κ3) is 3.25. The number of hydrogen-bond acceptors (Lipinski definition) is 4. The lowest BCUT2D eigenvalue weighted by Crippen LogP contribution is -2.27. The van der Waals surface area contributed by atoms with Gasteiger partial charge >= 0.3 is 0 Å². The van der Waals surface area contributed by atoms with Crippen molar-refractivity contribution >= 4 is 0 Å². The Kier molecular flexibility index (Phi) is 4.19. The van der Waals surface area contributed by atoms with Gasteiger partial charge < -0.3 is 10.1 Å². The molecule has 0 fully saturated rings. The number of benzene rings is 1. The van der Waals surface area contributed by atoms with Gasteiger partial charge in [0.1, 0.15) is 11.6 Å². The number of ether oxygens (including phenoxy) is 1. The van der Waals surface area contributed by atoms with Crippen LogP contribution in [-0.4, -0.2) is 21.4 Å². The van der Waals surface area contributed by atoms with E-state index in [-0.39, 0.29) is 11.9 Å². The molecule has 1 N–H and O–H groups in total. The van der Waals surface area contributed by atoms with Crippen molar-refractivity contribution in [1.82, 2.24) is 20.1 Å². The quantitative estimate of drug-likeness (QED) is 0.793. The summed E-state index contributed by atoms with van der Waals surface area (Å²) in [7, 11) is 1.91. The van der Waals surface area contributed by atoms with Crippen molar-refractivity contribution < 1.29 is 9.13 Å². The van der Waals surface area contributed by atoms with Crippen LogP contribution in [0.2, 0.25) is 0 Å². The summed E-state index contributed by atoms with van der Waals surface area (Å²) in [5, 5.41) is 8.08. The highest BCUT2D eigenvalue weighted by atomic mass is 19.1. The SMILES string of the molecule is Cn1cc(CNC2CCOc3ccc(F)cc32)c(-c2cccnc2)n1. The van der Waals surface area contributed by atoms with E-state index in [0.29, 0.717) is 13.2 Å². The second kappa shape index (κ2) is 6.64. The molecule has 2 aromatic heterocycles. The Morgan fingerprint density at radius 3 is 3.12 bits per heavy atom. The van der Waals surface area contributed by atoms with Crippen LogP contribution in [0.4, 0.5) is 4.39 Å². The van der Waals surface area contributed by atoms with Crippen LogP contribution >= 0.6 is 0 Å². The van der Waals surface area contributed by atoms with E-state index in [1.165, 1.54) is 6.07 Å². The molecule has 0 aliphatic carbocycles. The van der Waals surface area contributed by atoms with E-state index in [9.17, 15) is 4.39 Å². The van der Waals surface area contributed by atoms with Crippen molar-refractivity contribution in [3.8, 4) is 17.0 Å².